The third kappa shape index (κ3) is 3.26. The fraction of sp³-hybridized carbons (Fsp3) is 0.857. The van der Waals surface area contributed by atoms with Crippen LogP contribution < -0.4 is 16.0 Å². The van der Waals surface area contributed by atoms with E-state index < -0.39 is 0 Å². The molecule has 0 aromatic heterocycles. The number of hydrogen-bond acceptors (Lipinski definition) is 3. The maximum Gasteiger partial charge on any atom is 0.227 e. The molecule has 1 heterocycles. The summed E-state index contributed by atoms with van der Waals surface area (Å²) >= 11 is 0. The predicted octanol–water partition coefficient (Wildman–Crippen LogP) is 0.265. The largest absolute Gasteiger partial charge is 0.354 e. The highest BCUT2D eigenvalue weighted by atomic mass is 16.2. The second-order valence-electron chi connectivity index (χ2n) is 6.06. The number of carbonyl (C=O) groups excluding carboxylic acids is 2. The summed E-state index contributed by atoms with van der Waals surface area (Å²) in [6.07, 6.45) is 2.92. The third-order valence-electron chi connectivity index (χ3n) is 4.40. The fourth-order valence-electron chi connectivity index (χ4n) is 2.69. The Labute approximate surface area is 114 Å². The zero-order valence-electron chi connectivity index (χ0n) is 11.9. The summed E-state index contributed by atoms with van der Waals surface area (Å²) in [5.74, 6) is 0.809. The maximum atomic E-state index is 12.3. The van der Waals surface area contributed by atoms with Crippen LogP contribution in [0.4, 0.5) is 0 Å². The van der Waals surface area contributed by atoms with Crippen molar-refractivity contribution in [2.24, 2.45) is 17.3 Å². The molecule has 5 nitrogen and oxygen atoms in total. The fourth-order valence-corrected chi connectivity index (χ4v) is 2.69. The van der Waals surface area contributed by atoms with Gasteiger partial charge in [-0.1, -0.05) is 13.8 Å². The van der Waals surface area contributed by atoms with E-state index >= 15 is 0 Å². The van der Waals surface area contributed by atoms with Crippen molar-refractivity contribution in [3.63, 3.8) is 0 Å². The Morgan fingerprint density at radius 3 is 2.47 bits per heavy atom. The van der Waals surface area contributed by atoms with Crippen LogP contribution in [0.3, 0.4) is 0 Å². The molecule has 5 heteroatoms. The molecule has 0 bridgehead atoms. The van der Waals surface area contributed by atoms with E-state index in [-0.39, 0.29) is 23.1 Å². The minimum absolute atomic E-state index is 0.119. The first-order chi connectivity index (χ1) is 9.06. The summed E-state index contributed by atoms with van der Waals surface area (Å²) in [5.41, 5.74) is -0.277. The molecule has 1 atom stereocenters. The van der Waals surface area contributed by atoms with E-state index in [2.05, 4.69) is 29.8 Å². The van der Waals surface area contributed by atoms with Gasteiger partial charge in [-0.3, -0.25) is 9.59 Å². The van der Waals surface area contributed by atoms with Crippen molar-refractivity contribution in [1.82, 2.24) is 16.0 Å². The molecule has 2 aliphatic rings. The van der Waals surface area contributed by atoms with Crippen LogP contribution in [0.2, 0.25) is 0 Å². The van der Waals surface area contributed by atoms with Gasteiger partial charge in [-0.15, -0.1) is 0 Å². The van der Waals surface area contributed by atoms with Gasteiger partial charge in [0.25, 0.3) is 0 Å². The van der Waals surface area contributed by atoms with E-state index in [1.54, 1.807) is 0 Å². The lowest BCUT2D eigenvalue weighted by Crippen LogP contribution is -2.47. The summed E-state index contributed by atoms with van der Waals surface area (Å²) in [6, 6.07) is 0. The van der Waals surface area contributed by atoms with Crippen LogP contribution in [-0.4, -0.2) is 38.0 Å². The first kappa shape index (κ1) is 14.3. The average Bonchev–Trinajstić information content (AvgIpc) is 3.11. The molecule has 0 radical (unpaired) electrons. The van der Waals surface area contributed by atoms with Crippen LogP contribution in [0.5, 0.6) is 0 Å². The highest BCUT2D eigenvalue weighted by Crippen LogP contribution is 2.34. The van der Waals surface area contributed by atoms with Gasteiger partial charge in [-0.25, -0.2) is 0 Å². The number of amides is 2. The molecule has 1 saturated heterocycles. The molecular formula is C14H25N3O2. The Morgan fingerprint density at radius 2 is 1.95 bits per heavy atom. The highest BCUT2D eigenvalue weighted by molar-refractivity contribution is 5.84. The molecule has 108 valence electrons. The zero-order valence-corrected chi connectivity index (χ0v) is 11.9. The summed E-state index contributed by atoms with van der Waals surface area (Å²) in [7, 11) is 0. The molecule has 0 aromatic rings. The van der Waals surface area contributed by atoms with Gasteiger partial charge in [0.2, 0.25) is 11.8 Å². The van der Waals surface area contributed by atoms with Crippen molar-refractivity contribution in [3.8, 4) is 0 Å². The molecule has 0 aromatic carbocycles. The molecule has 3 N–H and O–H groups in total. The SMILES string of the molecule is CC(C)C1(C(=O)NCCNC(=O)C2CC2)CCNC1. The highest BCUT2D eigenvalue weighted by Gasteiger charge is 2.43. The van der Waals surface area contributed by atoms with E-state index in [4.69, 9.17) is 0 Å². The molecule has 1 unspecified atom stereocenters. The van der Waals surface area contributed by atoms with Crippen LogP contribution in [-0.2, 0) is 9.59 Å². The lowest BCUT2D eigenvalue weighted by Gasteiger charge is -2.31. The molecule has 1 aliphatic carbocycles. The molecule has 2 amide bonds. The minimum Gasteiger partial charge on any atom is -0.354 e. The number of carbonyl (C=O) groups is 2. The Morgan fingerprint density at radius 1 is 1.26 bits per heavy atom. The van der Waals surface area contributed by atoms with Crippen LogP contribution in [0.1, 0.15) is 33.1 Å². The van der Waals surface area contributed by atoms with Gasteiger partial charge in [0.05, 0.1) is 5.41 Å². The number of hydrogen-bond donors (Lipinski definition) is 3. The topological polar surface area (TPSA) is 70.2 Å². The van der Waals surface area contributed by atoms with Crippen molar-refractivity contribution in [2.75, 3.05) is 26.2 Å². The van der Waals surface area contributed by atoms with Crippen molar-refractivity contribution < 1.29 is 9.59 Å². The van der Waals surface area contributed by atoms with E-state index in [0.29, 0.717) is 19.0 Å². The second kappa shape index (κ2) is 5.90. The molecule has 19 heavy (non-hydrogen) atoms. The minimum atomic E-state index is -0.277. The van der Waals surface area contributed by atoms with Gasteiger partial charge in [0, 0.05) is 25.6 Å². The molecule has 1 saturated carbocycles. The van der Waals surface area contributed by atoms with E-state index in [0.717, 1.165) is 32.4 Å². The van der Waals surface area contributed by atoms with Gasteiger partial charge in [0.15, 0.2) is 0 Å². The lowest BCUT2D eigenvalue weighted by molar-refractivity contribution is -0.132. The molecule has 0 spiro atoms. The average molecular weight is 267 g/mol. The zero-order chi connectivity index (χ0) is 13.9. The Hall–Kier alpha value is -1.10. The van der Waals surface area contributed by atoms with Gasteiger partial charge < -0.3 is 16.0 Å². The first-order valence-electron chi connectivity index (χ1n) is 7.33. The van der Waals surface area contributed by atoms with Crippen LogP contribution in [0, 0.1) is 17.3 Å². The monoisotopic (exact) mass is 267 g/mol. The Bertz CT molecular complexity index is 345. The molecular weight excluding hydrogens is 242 g/mol. The molecule has 1 aliphatic heterocycles. The van der Waals surface area contributed by atoms with Crippen molar-refractivity contribution in [3.05, 3.63) is 0 Å². The van der Waals surface area contributed by atoms with E-state index in [9.17, 15) is 9.59 Å². The van der Waals surface area contributed by atoms with Crippen molar-refractivity contribution >= 4 is 11.8 Å². The standard InChI is InChI=1S/C14H25N3O2/c1-10(2)14(5-6-15-9-14)13(19)17-8-7-16-12(18)11-3-4-11/h10-11,15H,3-9H2,1-2H3,(H,16,18)(H,17,19). The van der Waals surface area contributed by atoms with Crippen LogP contribution in [0.25, 0.3) is 0 Å². The van der Waals surface area contributed by atoms with Crippen molar-refractivity contribution in [1.29, 1.82) is 0 Å². The van der Waals surface area contributed by atoms with Gasteiger partial charge in [-0.05, 0) is 31.7 Å². The Kier molecular flexibility index (Phi) is 4.45. The summed E-state index contributed by atoms with van der Waals surface area (Å²) in [4.78, 5) is 23.8. The second-order valence-corrected chi connectivity index (χ2v) is 6.06. The van der Waals surface area contributed by atoms with Gasteiger partial charge in [-0.2, -0.15) is 0 Å². The number of nitrogens with one attached hydrogen (secondary N) is 3. The van der Waals surface area contributed by atoms with Crippen LogP contribution in [0.15, 0.2) is 0 Å². The van der Waals surface area contributed by atoms with Crippen molar-refractivity contribution in [2.45, 2.75) is 33.1 Å². The summed E-state index contributed by atoms with van der Waals surface area (Å²) < 4.78 is 0. The molecule has 2 rings (SSSR count). The predicted molar refractivity (Wildman–Crippen MR) is 73.5 cm³/mol. The normalized spacial score (nSPS) is 26.5. The Balaban J connectivity index is 1.72. The summed E-state index contributed by atoms with van der Waals surface area (Å²) in [5, 5.41) is 9.11. The van der Waals surface area contributed by atoms with Gasteiger partial charge >= 0.3 is 0 Å². The van der Waals surface area contributed by atoms with E-state index in [1.165, 1.54) is 0 Å². The maximum absolute atomic E-state index is 12.3. The van der Waals surface area contributed by atoms with Gasteiger partial charge in [0.1, 0.15) is 0 Å². The number of rotatable bonds is 6. The first-order valence-corrected chi connectivity index (χ1v) is 7.33. The van der Waals surface area contributed by atoms with Crippen LogP contribution >= 0.6 is 0 Å². The quantitative estimate of drug-likeness (QED) is 0.605. The lowest BCUT2D eigenvalue weighted by atomic mass is 9.75. The smallest absolute Gasteiger partial charge is 0.227 e. The van der Waals surface area contributed by atoms with E-state index in [1.807, 2.05) is 0 Å². The molecule has 2 fully saturated rings. The third-order valence-corrected chi connectivity index (χ3v) is 4.40. The summed E-state index contributed by atoms with van der Waals surface area (Å²) in [6.45, 7) is 6.91.